The molecule has 1 aromatic heterocycles. The fraction of sp³-hybridized carbons (Fsp3) is 0.143. The number of amides is 1. The molecule has 108 valence electrons. The first-order chi connectivity index (χ1) is 10.1. The first kappa shape index (κ1) is 13.5. The molecule has 1 aromatic carbocycles. The largest absolute Gasteiger partial charge is 0.486 e. The van der Waals surface area contributed by atoms with Crippen molar-refractivity contribution in [2.45, 2.75) is 0 Å². The summed E-state index contributed by atoms with van der Waals surface area (Å²) in [6.45, 7) is 1.01. The number of hydrogen-bond acceptors (Lipinski definition) is 5. The van der Waals surface area contributed by atoms with Crippen molar-refractivity contribution in [3.05, 3.63) is 41.0 Å². The average molecular weight is 306 g/mol. The number of nitrogens with two attached hydrogens (primary N) is 1. The molecule has 6 nitrogen and oxygen atoms in total. The van der Waals surface area contributed by atoms with Gasteiger partial charge in [0.25, 0.3) is 5.91 Å². The maximum Gasteiger partial charge on any atom is 0.255 e. The molecule has 3 N–H and O–H groups in total. The second-order valence-corrected chi connectivity index (χ2v) is 4.80. The fourth-order valence-corrected chi connectivity index (χ4v) is 2.19. The van der Waals surface area contributed by atoms with Gasteiger partial charge in [-0.15, -0.1) is 0 Å². The molecule has 0 saturated carbocycles. The zero-order valence-electron chi connectivity index (χ0n) is 10.9. The zero-order valence-corrected chi connectivity index (χ0v) is 11.7. The van der Waals surface area contributed by atoms with Crippen LogP contribution in [0.1, 0.15) is 10.4 Å². The number of carbonyl (C=O) groups is 1. The standard InChI is InChI=1S/C14H12ClN3O3/c15-12-5-8(6-13(16)18-12)14(19)17-9-1-2-10-11(7-9)21-4-3-20-10/h1-2,5-7H,3-4H2,(H2,16,18)(H,17,19). The third-order valence-electron chi connectivity index (χ3n) is 2.88. The van der Waals surface area contributed by atoms with Crippen LogP contribution in [0.4, 0.5) is 11.5 Å². The smallest absolute Gasteiger partial charge is 0.255 e. The number of carbonyl (C=O) groups excluding carboxylic acids is 1. The van der Waals surface area contributed by atoms with Gasteiger partial charge in [0.1, 0.15) is 24.2 Å². The molecule has 3 rings (SSSR count). The Bertz CT molecular complexity index is 686. The third-order valence-corrected chi connectivity index (χ3v) is 3.07. The number of nitrogens with one attached hydrogen (secondary N) is 1. The summed E-state index contributed by atoms with van der Waals surface area (Å²) in [6, 6.07) is 8.10. The van der Waals surface area contributed by atoms with Crippen LogP contribution >= 0.6 is 11.6 Å². The molecule has 7 heteroatoms. The highest BCUT2D eigenvalue weighted by atomic mass is 35.5. The Kier molecular flexibility index (Phi) is 3.53. The van der Waals surface area contributed by atoms with Crippen molar-refractivity contribution in [1.82, 2.24) is 4.98 Å². The number of hydrogen-bond donors (Lipinski definition) is 2. The molecule has 0 spiro atoms. The van der Waals surface area contributed by atoms with Crippen molar-refractivity contribution in [2.75, 3.05) is 24.3 Å². The predicted octanol–water partition coefficient (Wildman–Crippen LogP) is 2.34. The number of halogens is 1. The molecule has 0 saturated heterocycles. The van der Waals surface area contributed by atoms with Crippen LogP contribution in [-0.4, -0.2) is 24.1 Å². The maximum atomic E-state index is 12.2. The normalized spacial score (nSPS) is 12.8. The van der Waals surface area contributed by atoms with E-state index < -0.39 is 0 Å². The van der Waals surface area contributed by atoms with Crippen LogP contribution in [0.3, 0.4) is 0 Å². The Morgan fingerprint density at radius 1 is 1.19 bits per heavy atom. The molecule has 0 unspecified atom stereocenters. The number of anilines is 2. The highest BCUT2D eigenvalue weighted by Gasteiger charge is 2.14. The van der Waals surface area contributed by atoms with E-state index in [-0.39, 0.29) is 16.9 Å². The molecule has 1 aliphatic heterocycles. The average Bonchev–Trinajstić information content (AvgIpc) is 2.46. The van der Waals surface area contributed by atoms with Crippen molar-refractivity contribution in [3.8, 4) is 11.5 Å². The molecule has 1 aliphatic rings. The number of fused-ring (bicyclic) bond motifs is 1. The molecule has 0 bridgehead atoms. The van der Waals surface area contributed by atoms with E-state index in [1.165, 1.54) is 12.1 Å². The molecule has 21 heavy (non-hydrogen) atoms. The summed E-state index contributed by atoms with van der Waals surface area (Å²) in [5, 5.41) is 2.92. The number of ether oxygens (including phenoxy) is 2. The van der Waals surface area contributed by atoms with Crippen LogP contribution in [0.5, 0.6) is 11.5 Å². The molecule has 0 fully saturated rings. The van der Waals surface area contributed by atoms with E-state index in [0.29, 0.717) is 36.0 Å². The number of aromatic nitrogens is 1. The predicted molar refractivity (Wildman–Crippen MR) is 79.0 cm³/mol. The summed E-state index contributed by atoms with van der Waals surface area (Å²) < 4.78 is 10.9. The van der Waals surface area contributed by atoms with Gasteiger partial charge in [0, 0.05) is 17.3 Å². The van der Waals surface area contributed by atoms with E-state index in [4.69, 9.17) is 26.8 Å². The SMILES string of the molecule is Nc1cc(C(=O)Nc2ccc3c(c2)OCCO3)cc(Cl)n1. The molecule has 0 aliphatic carbocycles. The number of nitrogens with zero attached hydrogens (tertiary/aromatic N) is 1. The van der Waals surface area contributed by atoms with Crippen molar-refractivity contribution in [1.29, 1.82) is 0 Å². The van der Waals surface area contributed by atoms with E-state index in [1.807, 2.05) is 0 Å². The summed E-state index contributed by atoms with van der Waals surface area (Å²) >= 11 is 5.78. The van der Waals surface area contributed by atoms with E-state index in [2.05, 4.69) is 10.3 Å². The van der Waals surface area contributed by atoms with E-state index in [9.17, 15) is 4.79 Å². The Labute approximate surface area is 125 Å². The lowest BCUT2D eigenvalue weighted by Crippen LogP contribution is -2.16. The maximum absolute atomic E-state index is 12.2. The monoisotopic (exact) mass is 305 g/mol. The molecule has 2 aromatic rings. The van der Waals surface area contributed by atoms with Crippen LogP contribution < -0.4 is 20.5 Å². The van der Waals surface area contributed by atoms with Crippen molar-refractivity contribution < 1.29 is 14.3 Å². The third kappa shape index (κ3) is 3.00. The summed E-state index contributed by atoms with van der Waals surface area (Å²) in [7, 11) is 0. The minimum Gasteiger partial charge on any atom is -0.486 e. The van der Waals surface area contributed by atoms with Gasteiger partial charge in [-0.1, -0.05) is 11.6 Å². The molecule has 0 radical (unpaired) electrons. The zero-order chi connectivity index (χ0) is 14.8. The van der Waals surface area contributed by atoms with Crippen molar-refractivity contribution in [3.63, 3.8) is 0 Å². The minimum atomic E-state index is -0.331. The van der Waals surface area contributed by atoms with Gasteiger partial charge in [0.15, 0.2) is 11.5 Å². The topological polar surface area (TPSA) is 86.5 Å². The highest BCUT2D eigenvalue weighted by molar-refractivity contribution is 6.30. The molecule has 0 atom stereocenters. The van der Waals surface area contributed by atoms with Gasteiger partial charge in [-0.2, -0.15) is 0 Å². The Morgan fingerprint density at radius 3 is 2.71 bits per heavy atom. The van der Waals surface area contributed by atoms with Crippen LogP contribution in [0, 0.1) is 0 Å². The number of rotatable bonds is 2. The van der Waals surface area contributed by atoms with Gasteiger partial charge < -0.3 is 20.5 Å². The van der Waals surface area contributed by atoms with Gasteiger partial charge in [-0.25, -0.2) is 4.98 Å². The van der Waals surface area contributed by atoms with Gasteiger partial charge in [-0.3, -0.25) is 4.79 Å². The van der Waals surface area contributed by atoms with Gasteiger partial charge in [0.2, 0.25) is 0 Å². The van der Waals surface area contributed by atoms with E-state index >= 15 is 0 Å². The number of benzene rings is 1. The van der Waals surface area contributed by atoms with Crippen LogP contribution in [0.15, 0.2) is 30.3 Å². The number of pyridine rings is 1. The molecular formula is C14H12ClN3O3. The summed E-state index contributed by atoms with van der Waals surface area (Å²) in [4.78, 5) is 16.0. The van der Waals surface area contributed by atoms with Crippen molar-refractivity contribution in [2.24, 2.45) is 0 Å². The molecule has 1 amide bonds. The summed E-state index contributed by atoms with van der Waals surface area (Å²) in [5.41, 5.74) is 6.50. The van der Waals surface area contributed by atoms with Crippen LogP contribution in [-0.2, 0) is 0 Å². The number of nitrogen functional groups attached to an aromatic ring is 1. The van der Waals surface area contributed by atoms with Gasteiger partial charge in [0.05, 0.1) is 0 Å². The quantitative estimate of drug-likeness (QED) is 0.832. The summed E-state index contributed by atoms with van der Waals surface area (Å²) in [5.74, 6) is 1.12. The second-order valence-electron chi connectivity index (χ2n) is 4.42. The molecule has 2 heterocycles. The fourth-order valence-electron chi connectivity index (χ4n) is 1.97. The van der Waals surface area contributed by atoms with E-state index in [0.717, 1.165) is 0 Å². The van der Waals surface area contributed by atoms with Gasteiger partial charge in [-0.05, 0) is 24.3 Å². The second kappa shape index (κ2) is 5.49. The molecular weight excluding hydrogens is 294 g/mol. The van der Waals surface area contributed by atoms with Crippen LogP contribution in [0.25, 0.3) is 0 Å². The van der Waals surface area contributed by atoms with E-state index in [1.54, 1.807) is 18.2 Å². The Hall–Kier alpha value is -2.47. The first-order valence-electron chi connectivity index (χ1n) is 6.26. The van der Waals surface area contributed by atoms with Crippen LogP contribution in [0.2, 0.25) is 5.15 Å². The Balaban J connectivity index is 1.81. The lowest BCUT2D eigenvalue weighted by molar-refractivity contribution is 0.102. The van der Waals surface area contributed by atoms with Crippen molar-refractivity contribution >= 4 is 29.0 Å². The summed E-state index contributed by atoms with van der Waals surface area (Å²) in [6.07, 6.45) is 0. The van der Waals surface area contributed by atoms with Gasteiger partial charge >= 0.3 is 0 Å². The lowest BCUT2D eigenvalue weighted by atomic mass is 10.2. The Morgan fingerprint density at radius 2 is 1.95 bits per heavy atom. The highest BCUT2D eigenvalue weighted by Crippen LogP contribution is 2.32. The first-order valence-corrected chi connectivity index (χ1v) is 6.64. The lowest BCUT2D eigenvalue weighted by Gasteiger charge is -2.19. The minimum absolute atomic E-state index is 0.169.